The predicted octanol–water partition coefficient (Wildman–Crippen LogP) is 1.67. The summed E-state index contributed by atoms with van der Waals surface area (Å²) >= 11 is 0. The number of likely N-dealkylation sites (N-methyl/N-ethyl adjacent to an activating group) is 1. The molecule has 0 heterocycles. The number of aryl methyl sites for hydroxylation is 1. The Kier molecular flexibility index (Phi) is 7.19. The van der Waals surface area contributed by atoms with Crippen LogP contribution in [-0.4, -0.2) is 49.3 Å². The number of nitrogens with one attached hydrogen (secondary N) is 2. The van der Waals surface area contributed by atoms with Crippen LogP contribution in [0.1, 0.15) is 30.5 Å². The van der Waals surface area contributed by atoms with Crippen LogP contribution in [0.15, 0.2) is 24.3 Å². The molecule has 0 radical (unpaired) electrons. The SMILES string of the molecule is Cc1ccc(C(CNC(=O)N[C@H](C)CCO)N(C)C)cc1. The van der Waals surface area contributed by atoms with Crippen molar-refractivity contribution in [2.24, 2.45) is 0 Å². The minimum absolute atomic E-state index is 0.0350. The van der Waals surface area contributed by atoms with E-state index in [1.807, 2.05) is 21.0 Å². The maximum Gasteiger partial charge on any atom is 0.315 e. The fourth-order valence-electron chi connectivity index (χ4n) is 2.12. The highest BCUT2D eigenvalue weighted by molar-refractivity contribution is 5.74. The molecule has 5 heteroatoms. The lowest BCUT2D eigenvalue weighted by atomic mass is 10.0. The fourth-order valence-corrected chi connectivity index (χ4v) is 2.12. The largest absolute Gasteiger partial charge is 0.396 e. The molecule has 118 valence electrons. The van der Waals surface area contributed by atoms with E-state index in [2.05, 4.69) is 46.7 Å². The summed E-state index contributed by atoms with van der Waals surface area (Å²) in [5, 5.41) is 14.5. The second kappa shape index (κ2) is 8.64. The molecule has 1 aromatic rings. The van der Waals surface area contributed by atoms with Gasteiger partial charge >= 0.3 is 6.03 Å². The monoisotopic (exact) mass is 293 g/mol. The van der Waals surface area contributed by atoms with Crippen LogP contribution in [0.5, 0.6) is 0 Å². The Morgan fingerprint density at radius 2 is 1.90 bits per heavy atom. The lowest BCUT2D eigenvalue weighted by Crippen LogP contribution is -2.44. The topological polar surface area (TPSA) is 64.6 Å². The third-order valence-corrected chi connectivity index (χ3v) is 3.48. The highest BCUT2D eigenvalue weighted by Crippen LogP contribution is 2.17. The van der Waals surface area contributed by atoms with Crippen molar-refractivity contribution in [1.82, 2.24) is 15.5 Å². The maximum absolute atomic E-state index is 11.8. The Morgan fingerprint density at radius 1 is 1.29 bits per heavy atom. The van der Waals surface area contributed by atoms with Crippen LogP contribution >= 0.6 is 0 Å². The quantitative estimate of drug-likeness (QED) is 0.716. The van der Waals surface area contributed by atoms with E-state index in [1.54, 1.807) is 0 Å². The van der Waals surface area contributed by atoms with E-state index < -0.39 is 0 Å². The molecule has 0 saturated carbocycles. The molecule has 0 saturated heterocycles. The number of hydrogen-bond acceptors (Lipinski definition) is 3. The van der Waals surface area contributed by atoms with Crippen molar-refractivity contribution in [1.29, 1.82) is 0 Å². The summed E-state index contributed by atoms with van der Waals surface area (Å²) in [5.74, 6) is 0. The second-order valence-corrected chi connectivity index (χ2v) is 5.66. The van der Waals surface area contributed by atoms with E-state index in [4.69, 9.17) is 5.11 Å². The zero-order valence-electron chi connectivity index (χ0n) is 13.4. The van der Waals surface area contributed by atoms with Crippen molar-refractivity contribution in [3.8, 4) is 0 Å². The number of benzene rings is 1. The zero-order chi connectivity index (χ0) is 15.8. The summed E-state index contributed by atoms with van der Waals surface area (Å²) < 4.78 is 0. The van der Waals surface area contributed by atoms with Gasteiger partial charge in [-0.05, 0) is 39.9 Å². The summed E-state index contributed by atoms with van der Waals surface area (Å²) in [5.41, 5.74) is 2.40. The predicted molar refractivity (Wildman–Crippen MR) is 85.3 cm³/mol. The van der Waals surface area contributed by atoms with E-state index >= 15 is 0 Å². The van der Waals surface area contributed by atoms with Crippen LogP contribution in [0, 0.1) is 6.92 Å². The number of aliphatic hydroxyl groups is 1. The van der Waals surface area contributed by atoms with Crippen LogP contribution in [-0.2, 0) is 0 Å². The normalized spacial score (nSPS) is 13.8. The van der Waals surface area contributed by atoms with Gasteiger partial charge in [-0.25, -0.2) is 4.79 Å². The van der Waals surface area contributed by atoms with E-state index in [9.17, 15) is 4.79 Å². The highest BCUT2D eigenvalue weighted by atomic mass is 16.3. The minimum Gasteiger partial charge on any atom is -0.396 e. The van der Waals surface area contributed by atoms with Crippen molar-refractivity contribution in [2.45, 2.75) is 32.4 Å². The Labute approximate surface area is 127 Å². The summed E-state index contributed by atoms with van der Waals surface area (Å²) in [6.07, 6.45) is 0.558. The molecule has 0 aliphatic heterocycles. The molecular weight excluding hydrogens is 266 g/mol. The molecule has 0 fully saturated rings. The summed E-state index contributed by atoms with van der Waals surface area (Å²) in [6.45, 7) is 4.54. The van der Waals surface area contributed by atoms with Crippen molar-refractivity contribution in [3.05, 3.63) is 35.4 Å². The molecule has 0 aliphatic rings. The van der Waals surface area contributed by atoms with Crippen molar-refractivity contribution in [3.63, 3.8) is 0 Å². The van der Waals surface area contributed by atoms with Crippen molar-refractivity contribution in [2.75, 3.05) is 27.2 Å². The molecule has 1 unspecified atom stereocenters. The van der Waals surface area contributed by atoms with Gasteiger partial charge in [0.1, 0.15) is 0 Å². The van der Waals surface area contributed by atoms with Crippen LogP contribution in [0.4, 0.5) is 4.79 Å². The van der Waals surface area contributed by atoms with Gasteiger partial charge in [0.25, 0.3) is 0 Å². The zero-order valence-corrected chi connectivity index (χ0v) is 13.4. The fraction of sp³-hybridized carbons (Fsp3) is 0.562. The number of carbonyl (C=O) groups excluding carboxylic acids is 1. The Balaban J connectivity index is 2.56. The van der Waals surface area contributed by atoms with Gasteiger partial charge in [0, 0.05) is 19.2 Å². The molecular formula is C16H27N3O2. The third kappa shape index (κ3) is 6.14. The van der Waals surface area contributed by atoms with Crippen LogP contribution in [0.25, 0.3) is 0 Å². The number of nitrogens with zero attached hydrogens (tertiary/aromatic N) is 1. The first-order chi connectivity index (χ1) is 9.93. The lowest BCUT2D eigenvalue weighted by molar-refractivity contribution is 0.224. The number of urea groups is 1. The van der Waals surface area contributed by atoms with E-state index in [0.29, 0.717) is 13.0 Å². The van der Waals surface area contributed by atoms with Gasteiger partial charge in [-0.3, -0.25) is 0 Å². The van der Waals surface area contributed by atoms with E-state index in [0.717, 1.165) is 0 Å². The molecule has 1 rings (SSSR count). The molecule has 21 heavy (non-hydrogen) atoms. The number of hydrogen-bond donors (Lipinski definition) is 3. The van der Waals surface area contributed by atoms with Gasteiger partial charge < -0.3 is 20.6 Å². The molecule has 5 nitrogen and oxygen atoms in total. The number of carbonyl (C=O) groups is 1. The number of aliphatic hydroxyl groups excluding tert-OH is 1. The number of rotatable bonds is 7. The van der Waals surface area contributed by atoms with Gasteiger partial charge in [0.05, 0.1) is 6.04 Å². The second-order valence-electron chi connectivity index (χ2n) is 5.66. The Morgan fingerprint density at radius 3 is 2.43 bits per heavy atom. The van der Waals surface area contributed by atoms with Crippen LogP contribution in [0.2, 0.25) is 0 Å². The van der Waals surface area contributed by atoms with Gasteiger partial charge in [0.15, 0.2) is 0 Å². The average molecular weight is 293 g/mol. The first-order valence-corrected chi connectivity index (χ1v) is 7.32. The first-order valence-electron chi connectivity index (χ1n) is 7.32. The smallest absolute Gasteiger partial charge is 0.315 e. The van der Waals surface area contributed by atoms with Crippen LogP contribution < -0.4 is 10.6 Å². The summed E-state index contributed by atoms with van der Waals surface area (Å²) in [4.78, 5) is 13.9. The molecule has 0 spiro atoms. The molecule has 0 aromatic heterocycles. The molecule has 3 N–H and O–H groups in total. The van der Waals surface area contributed by atoms with Crippen molar-refractivity contribution >= 4 is 6.03 Å². The lowest BCUT2D eigenvalue weighted by Gasteiger charge is -2.25. The molecule has 2 atom stereocenters. The standard InChI is InChI=1S/C16H27N3O2/c1-12-5-7-14(8-6-12)15(19(3)4)11-17-16(21)18-13(2)9-10-20/h5-8,13,15,20H,9-11H2,1-4H3,(H2,17,18,21)/t13-,15?/m1/s1. The van der Waals surface area contributed by atoms with Crippen LogP contribution in [0.3, 0.4) is 0 Å². The highest BCUT2D eigenvalue weighted by Gasteiger charge is 2.15. The van der Waals surface area contributed by atoms with Gasteiger partial charge in [-0.15, -0.1) is 0 Å². The molecule has 0 aliphatic carbocycles. The molecule has 1 aromatic carbocycles. The molecule has 2 amide bonds. The Hall–Kier alpha value is -1.59. The maximum atomic E-state index is 11.8. The molecule has 0 bridgehead atoms. The summed E-state index contributed by atoms with van der Waals surface area (Å²) in [7, 11) is 4.00. The third-order valence-electron chi connectivity index (χ3n) is 3.48. The minimum atomic E-state index is -0.199. The van der Waals surface area contributed by atoms with Crippen molar-refractivity contribution < 1.29 is 9.90 Å². The van der Waals surface area contributed by atoms with Gasteiger partial charge in [-0.2, -0.15) is 0 Å². The van der Waals surface area contributed by atoms with E-state index in [1.165, 1.54) is 11.1 Å². The summed E-state index contributed by atoms with van der Waals surface area (Å²) in [6, 6.07) is 8.23. The Bertz CT molecular complexity index is 432. The van der Waals surface area contributed by atoms with Gasteiger partial charge in [-0.1, -0.05) is 29.8 Å². The van der Waals surface area contributed by atoms with Gasteiger partial charge in [0.2, 0.25) is 0 Å². The van der Waals surface area contributed by atoms with E-state index in [-0.39, 0.29) is 24.7 Å². The number of amides is 2. The average Bonchev–Trinajstić information content (AvgIpc) is 2.40. The first kappa shape index (κ1) is 17.5.